The second kappa shape index (κ2) is 6.62. The molecule has 0 saturated heterocycles. The molecule has 6 nitrogen and oxygen atoms in total. The van der Waals surface area contributed by atoms with Gasteiger partial charge in [0, 0.05) is 7.11 Å². The van der Waals surface area contributed by atoms with Crippen molar-refractivity contribution in [3.63, 3.8) is 0 Å². The van der Waals surface area contributed by atoms with Crippen LogP contribution >= 0.6 is 0 Å². The number of benzene rings is 1. The Hall–Kier alpha value is -1.92. The highest BCUT2D eigenvalue weighted by Gasteiger charge is 2.19. The minimum absolute atomic E-state index is 0.556. The van der Waals surface area contributed by atoms with Crippen molar-refractivity contribution in [2.75, 3.05) is 13.7 Å². The maximum atomic E-state index is 11.6. The van der Waals surface area contributed by atoms with E-state index in [0.29, 0.717) is 5.56 Å². The molecule has 0 spiro atoms. The summed E-state index contributed by atoms with van der Waals surface area (Å²) in [6, 6.07) is 8.81. The molecular formula is C11H13NO5. The number of nitrogens with one attached hydrogen (secondary N) is 1. The summed E-state index contributed by atoms with van der Waals surface area (Å²) in [6.45, 7) is -0.600. The lowest BCUT2D eigenvalue weighted by Crippen LogP contribution is -2.32. The van der Waals surface area contributed by atoms with E-state index in [4.69, 9.17) is 9.84 Å². The molecule has 0 aliphatic rings. The maximum absolute atomic E-state index is 11.6. The van der Waals surface area contributed by atoms with Crippen molar-refractivity contribution < 1.29 is 24.3 Å². The lowest BCUT2D eigenvalue weighted by Gasteiger charge is -2.14. The molecule has 1 unspecified atom stereocenters. The summed E-state index contributed by atoms with van der Waals surface area (Å²) >= 11 is 0. The van der Waals surface area contributed by atoms with Crippen LogP contribution in [0.25, 0.3) is 0 Å². The molecule has 0 radical (unpaired) electrons. The van der Waals surface area contributed by atoms with Gasteiger partial charge in [0.05, 0.1) is 0 Å². The van der Waals surface area contributed by atoms with Crippen LogP contribution in [0.5, 0.6) is 0 Å². The average Bonchev–Trinajstić information content (AvgIpc) is 2.31. The van der Waals surface area contributed by atoms with Crippen molar-refractivity contribution in [2.45, 2.75) is 6.10 Å². The Labute approximate surface area is 98.1 Å². The fourth-order valence-electron chi connectivity index (χ4n) is 1.24. The molecule has 1 rings (SSSR count). The van der Waals surface area contributed by atoms with Crippen LogP contribution in [0.1, 0.15) is 11.7 Å². The number of aliphatic carboxylic acids is 1. The van der Waals surface area contributed by atoms with Gasteiger partial charge in [-0.1, -0.05) is 30.3 Å². The van der Waals surface area contributed by atoms with E-state index in [1.54, 1.807) is 24.3 Å². The summed E-state index contributed by atoms with van der Waals surface area (Å²) in [6.07, 6.45) is -0.829. The first kappa shape index (κ1) is 13.1. The predicted octanol–water partition coefficient (Wildman–Crippen LogP) is 0.506. The topological polar surface area (TPSA) is 84.9 Å². The first-order valence-corrected chi connectivity index (χ1v) is 4.86. The zero-order valence-corrected chi connectivity index (χ0v) is 9.25. The van der Waals surface area contributed by atoms with Crippen molar-refractivity contribution >= 4 is 11.9 Å². The highest BCUT2D eigenvalue weighted by atomic mass is 16.7. The first-order chi connectivity index (χ1) is 8.15. The van der Waals surface area contributed by atoms with E-state index < -0.39 is 24.6 Å². The third-order valence-corrected chi connectivity index (χ3v) is 1.94. The number of methoxy groups -OCH3 is 1. The van der Waals surface area contributed by atoms with Crippen LogP contribution in [-0.2, 0) is 19.2 Å². The molecule has 6 heteroatoms. The molecule has 92 valence electrons. The Morgan fingerprint density at radius 1 is 1.35 bits per heavy atom. The van der Waals surface area contributed by atoms with Gasteiger partial charge < -0.3 is 9.84 Å². The number of rotatable bonds is 6. The lowest BCUT2D eigenvalue weighted by atomic mass is 10.1. The molecule has 1 amide bonds. The maximum Gasteiger partial charge on any atom is 0.332 e. The standard InChI is InChI=1S/C11H13NO5/c1-16-10(8-5-3-2-4-6-8)11(15)12-17-7-9(13)14/h2-6,10H,7H2,1H3,(H,12,15)(H,13,14). The molecule has 1 aromatic rings. The van der Waals surface area contributed by atoms with Crippen LogP contribution in [-0.4, -0.2) is 30.7 Å². The van der Waals surface area contributed by atoms with Gasteiger partial charge in [-0.25, -0.2) is 10.3 Å². The third-order valence-electron chi connectivity index (χ3n) is 1.94. The molecule has 0 fully saturated rings. The van der Waals surface area contributed by atoms with Gasteiger partial charge >= 0.3 is 5.97 Å². The van der Waals surface area contributed by atoms with Crippen molar-refractivity contribution in [2.24, 2.45) is 0 Å². The number of carbonyl (C=O) groups excluding carboxylic acids is 1. The zero-order valence-electron chi connectivity index (χ0n) is 9.25. The van der Waals surface area contributed by atoms with Gasteiger partial charge in [0.15, 0.2) is 12.7 Å². The number of carbonyl (C=O) groups is 2. The fourth-order valence-corrected chi connectivity index (χ4v) is 1.24. The molecule has 1 atom stereocenters. The van der Waals surface area contributed by atoms with E-state index >= 15 is 0 Å². The molecule has 0 aliphatic carbocycles. The van der Waals surface area contributed by atoms with Gasteiger partial charge in [-0.05, 0) is 5.56 Å². The molecule has 2 N–H and O–H groups in total. The number of hydroxylamine groups is 1. The summed E-state index contributed by atoms with van der Waals surface area (Å²) in [5.74, 6) is -1.72. The molecule has 1 aromatic carbocycles. The molecule has 0 aliphatic heterocycles. The quantitative estimate of drug-likeness (QED) is 0.706. The summed E-state index contributed by atoms with van der Waals surface area (Å²) < 4.78 is 5.02. The minimum Gasteiger partial charge on any atom is -0.479 e. The average molecular weight is 239 g/mol. The summed E-state index contributed by atoms with van der Waals surface area (Å²) in [5.41, 5.74) is 2.68. The van der Waals surface area contributed by atoms with E-state index in [1.165, 1.54) is 7.11 Å². The number of hydrogen-bond acceptors (Lipinski definition) is 4. The van der Waals surface area contributed by atoms with E-state index in [-0.39, 0.29) is 0 Å². The molecule has 0 heterocycles. The number of carboxylic acids is 1. The number of carboxylic acid groups (broad SMARTS) is 1. The van der Waals surface area contributed by atoms with Crippen LogP contribution in [0.3, 0.4) is 0 Å². The van der Waals surface area contributed by atoms with Crippen molar-refractivity contribution in [3.8, 4) is 0 Å². The van der Waals surface area contributed by atoms with Gasteiger partial charge in [0.25, 0.3) is 5.91 Å². The molecular weight excluding hydrogens is 226 g/mol. The number of hydrogen-bond donors (Lipinski definition) is 2. The molecule has 0 saturated carbocycles. The van der Waals surface area contributed by atoms with Crippen molar-refractivity contribution in [1.82, 2.24) is 5.48 Å². The lowest BCUT2D eigenvalue weighted by molar-refractivity contribution is -0.153. The third kappa shape index (κ3) is 4.21. The van der Waals surface area contributed by atoms with Crippen molar-refractivity contribution in [3.05, 3.63) is 35.9 Å². The largest absolute Gasteiger partial charge is 0.479 e. The number of amides is 1. The predicted molar refractivity (Wildman–Crippen MR) is 57.9 cm³/mol. The normalized spacial score (nSPS) is 11.8. The SMILES string of the molecule is COC(C(=O)NOCC(=O)O)c1ccccc1. The Balaban J connectivity index is 2.56. The van der Waals surface area contributed by atoms with Gasteiger partial charge in [0.1, 0.15) is 0 Å². The van der Waals surface area contributed by atoms with Crippen LogP contribution in [0.2, 0.25) is 0 Å². The highest BCUT2D eigenvalue weighted by Crippen LogP contribution is 2.15. The van der Waals surface area contributed by atoms with Gasteiger partial charge in [-0.15, -0.1) is 0 Å². The van der Waals surface area contributed by atoms with E-state index in [2.05, 4.69) is 4.84 Å². The van der Waals surface area contributed by atoms with E-state index in [1.807, 2.05) is 11.5 Å². The van der Waals surface area contributed by atoms with Gasteiger partial charge in [-0.2, -0.15) is 0 Å². The minimum atomic E-state index is -1.17. The Morgan fingerprint density at radius 2 is 2.00 bits per heavy atom. The number of ether oxygens (including phenoxy) is 1. The Kier molecular flexibility index (Phi) is 5.12. The molecule has 0 aromatic heterocycles. The van der Waals surface area contributed by atoms with Crippen LogP contribution in [0.4, 0.5) is 0 Å². The smallest absolute Gasteiger partial charge is 0.332 e. The fraction of sp³-hybridized carbons (Fsp3) is 0.273. The molecule has 17 heavy (non-hydrogen) atoms. The Bertz CT molecular complexity index is 379. The van der Waals surface area contributed by atoms with Crippen LogP contribution < -0.4 is 5.48 Å². The highest BCUT2D eigenvalue weighted by molar-refractivity contribution is 5.81. The van der Waals surface area contributed by atoms with E-state index in [9.17, 15) is 9.59 Å². The Morgan fingerprint density at radius 3 is 2.53 bits per heavy atom. The summed E-state index contributed by atoms with van der Waals surface area (Å²) in [5, 5.41) is 8.33. The monoisotopic (exact) mass is 239 g/mol. The first-order valence-electron chi connectivity index (χ1n) is 4.86. The van der Waals surface area contributed by atoms with Crippen molar-refractivity contribution in [1.29, 1.82) is 0 Å². The zero-order chi connectivity index (χ0) is 12.7. The summed E-state index contributed by atoms with van der Waals surface area (Å²) in [7, 11) is 1.38. The molecule has 0 bridgehead atoms. The van der Waals surface area contributed by atoms with Crippen LogP contribution in [0.15, 0.2) is 30.3 Å². The summed E-state index contributed by atoms with van der Waals surface area (Å²) in [4.78, 5) is 26.3. The van der Waals surface area contributed by atoms with Gasteiger partial charge in [-0.3, -0.25) is 9.63 Å². The van der Waals surface area contributed by atoms with Crippen LogP contribution in [0, 0.1) is 0 Å². The second-order valence-corrected chi connectivity index (χ2v) is 3.18. The second-order valence-electron chi connectivity index (χ2n) is 3.18. The van der Waals surface area contributed by atoms with Gasteiger partial charge in [0.2, 0.25) is 0 Å². The van der Waals surface area contributed by atoms with E-state index in [0.717, 1.165) is 0 Å².